The molecule has 0 bridgehead atoms. The molecule has 2 aromatic rings. The third kappa shape index (κ3) is 2.19. The molecule has 0 spiro atoms. The third-order valence-corrected chi connectivity index (χ3v) is 3.87. The molecule has 0 saturated carbocycles. The lowest BCUT2D eigenvalue weighted by Crippen LogP contribution is -2.13. The first kappa shape index (κ1) is 11.5. The molecule has 0 saturated heterocycles. The number of thiazole rings is 1. The summed E-state index contributed by atoms with van der Waals surface area (Å²) in [5.41, 5.74) is 8.30. The van der Waals surface area contributed by atoms with Gasteiger partial charge in [-0.3, -0.25) is 0 Å². The van der Waals surface area contributed by atoms with Crippen LogP contribution in [0.1, 0.15) is 22.3 Å². The van der Waals surface area contributed by atoms with E-state index >= 15 is 0 Å². The molecular formula is C13H14N2O2S. The maximum Gasteiger partial charge on any atom is 0.231 e. The van der Waals surface area contributed by atoms with Gasteiger partial charge >= 0.3 is 0 Å². The number of nitrogens with two attached hydrogens (primary N) is 1. The van der Waals surface area contributed by atoms with Crippen molar-refractivity contribution in [2.45, 2.75) is 19.4 Å². The predicted octanol–water partition coefficient (Wildman–Crippen LogP) is 2.42. The van der Waals surface area contributed by atoms with Crippen molar-refractivity contribution in [3.63, 3.8) is 0 Å². The zero-order valence-corrected chi connectivity index (χ0v) is 10.9. The molecule has 4 nitrogen and oxygen atoms in total. The van der Waals surface area contributed by atoms with Crippen molar-refractivity contribution in [1.82, 2.24) is 4.98 Å². The van der Waals surface area contributed by atoms with Crippen molar-refractivity contribution < 1.29 is 9.47 Å². The summed E-state index contributed by atoms with van der Waals surface area (Å²) in [5.74, 6) is 1.56. The quantitative estimate of drug-likeness (QED) is 0.923. The number of rotatable bonds is 3. The molecule has 0 amide bonds. The van der Waals surface area contributed by atoms with Crippen LogP contribution < -0.4 is 15.2 Å². The number of fused-ring (bicyclic) bond motifs is 1. The van der Waals surface area contributed by atoms with Gasteiger partial charge in [0.1, 0.15) is 0 Å². The predicted molar refractivity (Wildman–Crippen MR) is 70.0 cm³/mol. The van der Waals surface area contributed by atoms with Gasteiger partial charge in [-0.25, -0.2) is 4.98 Å². The Morgan fingerprint density at radius 1 is 1.39 bits per heavy atom. The van der Waals surface area contributed by atoms with Crippen LogP contribution in [0.5, 0.6) is 11.5 Å². The lowest BCUT2D eigenvalue weighted by atomic mass is 10.0. The van der Waals surface area contributed by atoms with Crippen LogP contribution in [0.3, 0.4) is 0 Å². The number of ether oxygens (including phenoxy) is 2. The highest BCUT2D eigenvalue weighted by Crippen LogP contribution is 2.34. The van der Waals surface area contributed by atoms with Gasteiger partial charge in [0.25, 0.3) is 0 Å². The van der Waals surface area contributed by atoms with Gasteiger partial charge in [-0.15, -0.1) is 11.3 Å². The van der Waals surface area contributed by atoms with E-state index in [1.54, 1.807) is 11.3 Å². The summed E-state index contributed by atoms with van der Waals surface area (Å²) in [6.07, 6.45) is 0.748. The standard InChI is InChI=1S/C13H14N2O2S/c1-8-6-18-13(15-8)5-10(14)9-2-3-11-12(4-9)17-7-16-11/h2-4,6,10H,5,7,14H2,1H3. The monoisotopic (exact) mass is 262 g/mol. The fourth-order valence-corrected chi connectivity index (χ4v) is 2.78. The Hall–Kier alpha value is -1.59. The van der Waals surface area contributed by atoms with Crippen LogP contribution in [0.15, 0.2) is 23.6 Å². The summed E-state index contributed by atoms with van der Waals surface area (Å²) >= 11 is 1.65. The van der Waals surface area contributed by atoms with Gasteiger partial charge in [-0.1, -0.05) is 6.07 Å². The topological polar surface area (TPSA) is 57.4 Å². The van der Waals surface area contributed by atoms with Gasteiger partial charge < -0.3 is 15.2 Å². The zero-order valence-electron chi connectivity index (χ0n) is 10.1. The van der Waals surface area contributed by atoms with Crippen molar-refractivity contribution >= 4 is 11.3 Å². The van der Waals surface area contributed by atoms with Crippen molar-refractivity contribution in [2.75, 3.05) is 6.79 Å². The summed E-state index contributed by atoms with van der Waals surface area (Å²) in [7, 11) is 0. The SMILES string of the molecule is Cc1csc(CC(N)c2ccc3c(c2)OCO3)n1. The Labute approximate surface area is 109 Å². The van der Waals surface area contributed by atoms with E-state index in [0.29, 0.717) is 6.79 Å². The van der Waals surface area contributed by atoms with E-state index in [4.69, 9.17) is 15.2 Å². The molecule has 1 unspecified atom stereocenters. The van der Waals surface area contributed by atoms with Crippen molar-refractivity contribution in [3.8, 4) is 11.5 Å². The molecule has 0 radical (unpaired) electrons. The minimum atomic E-state index is -0.0648. The molecular weight excluding hydrogens is 248 g/mol. The second-order valence-corrected chi connectivity index (χ2v) is 5.25. The molecule has 2 heterocycles. The maximum atomic E-state index is 6.20. The highest BCUT2D eigenvalue weighted by atomic mass is 32.1. The van der Waals surface area contributed by atoms with Crippen LogP contribution in [0.25, 0.3) is 0 Å². The van der Waals surface area contributed by atoms with Crippen molar-refractivity contribution in [2.24, 2.45) is 5.73 Å². The first-order chi connectivity index (χ1) is 8.72. The minimum absolute atomic E-state index is 0.0648. The van der Waals surface area contributed by atoms with E-state index in [-0.39, 0.29) is 6.04 Å². The summed E-state index contributed by atoms with van der Waals surface area (Å²) in [5, 5.41) is 3.11. The number of hydrogen-bond donors (Lipinski definition) is 1. The number of hydrogen-bond acceptors (Lipinski definition) is 5. The first-order valence-corrected chi connectivity index (χ1v) is 6.66. The molecule has 1 aliphatic heterocycles. The third-order valence-electron chi connectivity index (χ3n) is 2.89. The van der Waals surface area contributed by atoms with Gasteiger partial charge in [0, 0.05) is 23.5 Å². The van der Waals surface area contributed by atoms with Gasteiger partial charge in [-0.2, -0.15) is 0 Å². The molecule has 2 N–H and O–H groups in total. The Morgan fingerprint density at radius 2 is 2.22 bits per heavy atom. The average Bonchev–Trinajstić information content (AvgIpc) is 2.96. The minimum Gasteiger partial charge on any atom is -0.454 e. The highest BCUT2D eigenvalue weighted by Gasteiger charge is 2.16. The van der Waals surface area contributed by atoms with Crippen molar-refractivity contribution in [1.29, 1.82) is 0 Å². The Bertz CT molecular complexity index is 568. The maximum absolute atomic E-state index is 6.20. The number of aromatic nitrogens is 1. The molecule has 1 aromatic carbocycles. The summed E-state index contributed by atoms with van der Waals surface area (Å²) < 4.78 is 10.6. The van der Waals surface area contributed by atoms with Gasteiger partial charge in [-0.05, 0) is 24.6 Å². The number of benzene rings is 1. The zero-order chi connectivity index (χ0) is 12.5. The highest BCUT2D eigenvalue weighted by molar-refractivity contribution is 7.09. The molecule has 0 fully saturated rings. The second-order valence-electron chi connectivity index (χ2n) is 4.31. The van der Waals surface area contributed by atoms with E-state index < -0.39 is 0 Å². The summed E-state index contributed by atoms with van der Waals surface area (Å²) in [6.45, 7) is 2.28. The Kier molecular flexibility index (Phi) is 2.93. The van der Waals surface area contributed by atoms with Crippen LogP contribution >= 0.6 is 11.3 Å². The largest absolute Gasteiger partial charge is 0.454 e. The lowest BCUT2D eigenvalue weighted by Gasteiger charge is -2.10. The van der Waals surface area contributed by atoms with Crippen LogP contribution in [-0.2, 0) is 6.42 Å². The van der Waals surface area contributed by atoms with E-state index in [0.717, 1.165) is 34.2 Å². The molecule has 18 heavy (non-hydrogen) atoms. The molecule has 3 rings (SSSR count). The Morgan fingerprint density at radius 3 is 3.00 bits per heavy atom. The van der Waals surface area contributed by atoms with Gasteiger partial charge in [0.05, 0.1) is 5.01 Å². The molecule has 1 aliphatic rings. The first-order valence-electron chi connectivity index (χ1n) is 5.78. The normalized spacial score (nSPS) is 14.8. The van der Waals surface area contributed by atoms with Crippen LogP contribution in [0.2, 0.25) is 0 Å². The van der Waals surface area contributed by atoms with E-state index in [9.17, 15) is 0 Å². The second kappa shape index (κ2) is 4.59. The molecule has 5 heteroatoms. The average molecular weight is 262 g/mol. The van der Waals surface area contributed by atoms with E-state index in [2.05, 4.69) is 4.98 Å². The van der Waals surface area contributed by atoms with Crippen LogP contribution in [0, 0.1) is 6.92 Å². The number of nitrogens with zero attached hydrogens (tertiary/aromatic N) is 1. The smallest absolute Gasteiger partial charge is 0.231 e. The molecule has 1 aromatic heterocycles. The summed E-state index contributed by atoms with van der Waals surface area (Å²) in [6, 6.07) is 5.78. The van der Waals surface area contributed by atoms with Crippen molar-refractivity contribution in [3.05, 3.63) is 39.8 Å². The summed E-state index contributed by atoms with van der Waals surface area (Å²) in [4.78, 5) is 4.43. The number of aryl methyl sites for hydroxylation is 1. The molecule has 94 valence electrons. The Balaban J connectivity index is 1.78. The van der Waals surface area contributed by atoms with Gasteiger partial charge in [0.2, 0.25) is 6.79 Å². The van der Waals surface area contributed by atoms with Crippen LogP contribution in [-0.4, -0.2) is 11.8 Å². The fraction of sp³-hybridized carbons (Fsp3) is 0.308. The molecule has 0 aliphatic carbocycles. The van der Waals surface area contributed by atoms with Gasteiger partial charge in [0.15, 0.2) is 11.5 Å². The fourth-order valence-electron chi connectivity index (χ4n) is 1.95. The van der Waals surface area contributed by atoms with E-state index in [1.165, 1.54) is 0 Å². The lowest BCUT2D eigenvalue weighted by molar-refractivity contribution is 0.174. The van der Waals surface area contributed by atoms with E-state index in [1.807, 2.05) is 30.5 Å². The molecule has 1 atom stereocenters. The van der Waals surface area contributed by atoms with Crippen LogP contribution in [0.4, 0.5) is 0 Å².